The number of fused-ring (bicyclic) bond motifs is 3. The lowest BCUT2D eigenvalue weighted by Crippen LogP contribution is -2.10. The molecule has 0 unspecified atom stereocenters. The van der Waals surface area contributed by atoms with Gasteiger partial charge in [0, 0.05) is 50.2 Å². The Labute approximate surface area is 393 Å². The minimum atomic E-state index is 0.574. The zero-order valence-electron chi connectivity index (χ0n) is 36.5. The minimum Gasteiger partial charge on any atom is -0.310 e. The molecule has 0 atom stereocenters. The predicted molar refractivity (Wildman–Crippen MR) is 272 cm³/mol. The summed E-state index contributed by atoms with van der Waals surface area (Å²) in [7, 11) is 0. The molecule has 2 aromatic heterocycles. The third-order valence-electron chi connectivity index (χ3n) is 12.3. The quantitative estimate of drug-likeness (QED) is 0.143. The molecule has 0 radical (unpaired) electrons. The second-order valence-electron chi connectivity index (χ2n) is 16.4. The third-order valence-corrected chi connectivity index (χ3v) is 12.3. The lowest BCUT2D eigenvalue weighted by atomic mass is 9.96. The molecule has 0 amide bonds. The molecule has 0 bridgehead atoms. The number of anilines is 3. The van der Waals surface area contributed by atoms with Crippen molar-refractivity contribution in [3.8, 4) is 80.1 Å². The number of nitrogens with zero attached hydrogens (tertiary/aromatic N) is 7. The van der Waals surface area contributed by atoms with Crippen molar-refractivity contribution in [2.24, 2.45) is 0 Å². The van der Waals surface area contributed by atoms with Crippen LogP contribution in [0.5, 0.6) is 0 Å². The predicted octanol–water partition coefficient (Wildman–Crippen LogP) is 15.0. The van der Waals surface area contributed by atoms with E-state index in [0.717, 1.165) is 94.9 Å². The summed E-state index contributed by atoms with van der Waals surface area (Å²) in [5.74, 6) is 0.681. The minimum absolute atomic E-state index is 0.574. The topological polar surface area (TPSA) is 105 Å². The van der Waals surface area contributed by atoms with Gasteiger partial charge in [0.15, 0.2) is 5.82 Å². The van der Waals surface area contributed by atoms with Crippen molar-refractivity contribution in [1.82, 2.24) is 14.5 Å². The average Bonchev–Trinajstić information content (AvgIpc) is 3.75. The Morgan fingerprint density at radius 3 is 1.46 bits per heavy atom. The van der Waals surface area contributed by atoms with E-state index in [-0.39, 0.29) is 0 Å². The Balaban J connectivity index is 0.905. The van der Waals surface area contributed by atoms with E-state index >= 15 is 0 Å². The fraction of sp³-hybridized carbons (Fsp3) is 0. The number of aromatic nitrogens is 3. The Morgan fingerprint density at radius 1 is 0.368 bits per heavy atom. The Morgan fingerprint density at radius 2 is 0.868 bits per heavy atom. The molecule has 7 heteroatoms. The molecule has 0 N–H and O–H groups in total. The second kappa shape index (κ2) is 17.6. The van der Waals surface area contributed by atoms with Crippen molar-refractivity contribution in [2.75, 3.05) is 4.90 Å². The Hall–Kier alpha value is -9.87. The van der Waals surface area contributed by atoms with Crippen LogP contribution in [0.3, 0.4) is 0 Å². The lowest BCUT2D eigenvalue weighted by molar-refractivity contribution is 1.18. The first kappa shape index (κ1) is 40.9. The Kier molecular flexibility index (Phi) is 10.6. The van der Waals surface area contributed by atoms with Crippen LogP contribution in [0.25, 0.3) is 83.6 Å². The largest absolute Gasteiger partial charge is 0.310 e. The molecule has 9 aromatic carbocycles. The highest BCUT2D eigenvalue weighted by molar-refractivity contribution is 6.10. The summed E-state index contributed by atoms with van der Waals surface area (Å²) in [5.41, 5.74) is 16.0. The van der Waals surface area contributed by atoms with Crippen molar-refractivity contribution >= 4 is 38.9 Å². The first-order valence-electron chi connectivity index (χ1n) is 22.1. The van der Waals surface area contributed by atoms with Crippen molar-refractivity contribution in [1.29, 1.82) is 15.8 Å². The zero-order valence-corrected chi connectivity index (χ0v) is 36.5. The van der Waals surface area contributed by atoms with Gasteiger partial charge in [0.25, 0.3) is 0 Å². The van der Waals surface area contributed by atoms with Crippen molar-refractivity contribution in [3.05, 3.63) is 241 Å². The third kappa shape index (κ3) is 7.67. The van der Waals surface area contributed by atoms with Crippen LogP contribution in [-0.4, -0.2) is 14.5 Å². The van der Waals surface area contributed by atoms with Crippen LogP contribution in [0.2, 0.25) is 0 Å². The van der Waals surface area contributed by atoms with Gasteiger partial charge in [-0.1, -0.05) is 133 Å². The molecule has 0 spiro atoms. The van der Waals surface area contributed by atoms with E-state index in [1.54, 1.807) is 0 Å². The maximum absolute atomic E-state index is 10.6. The zero-order chi connectivity index (χ0) is 46.0. The number of rotatable bonds is 9. The first-order chi connectivity index (χ1) is 33.5. The van der Waals surface area contributed by atoms with Crippen molar-refractivity contribution in [3.63, 3.8) is 0 Å². The molecule has 0 saturated carbocycles. The average molecular weight is 868 g/mol. The van der Waals surface area contributed by atoms with Gasteiger partial charge in [0.1, 0.15) is 0 Å². The van der Waals surface area contributed by atoms with Gasteiger partial charge >= 0.3 is 0 Å². The summed E-state index contributed by atoms with van der Waals surface area (Å²) in [6.45, 7) is 0. The molecule has 0 fully saturated rings. The number of nitriles is 3. The normalized spacial score (nSPS) is 10.9. The number of benzene rings is 9. The molecule has 0 aliphatic carbocycles. The molecule has 0 aliphatic rings. The van der Waals surface area contributed by atoms with E-state index in [1.807, 2.05) is 121 Å². The molecule has 0 aliphatic heterocycles. The van der Waals surface area contributed by atoms with Gasteiger partial charge in [-0.3, -0.25) is 0 Å². The summed E-state index contributed by atoms with van der Waals surface area (Å²) < 4.78 is 2.21. The highest BCUT2D eigenvalue weighted by Gasteiger charge is 2.19. The Bertz CT molecular complexity index is 3670. The molecule has 316 valence electrons. The highest BCUT2D eigenvalue weighted by atomic mass is 15.1. The summed E-state index contributed by atoms with van der Waals surface area (Å²) in [6, 6.07) is 81.8. The van der Waals surface area contributed by atoms with Crippen LogP contribution < -0.4 is 4.90 Å². The maximum atomic E-state index is 10.6. The lowest BCUT2D eigenvalue weighted by Gasteiger charge is -2.25. The molecule has 68 heavy (non-hydrogen) atoms. The molecular formula is C61H37N7. The van der Waals surface area contributed by atoms with Crippen molar-refractivity contribution in [2.45, 2.75) is 0 Å². The first-order valence-corrected chi connectivity index (χ1v) is 22.1. The summed E-state index contributed by atoms with van der Waals surface area (Å²) in [4.78, 5) is 12.1. The van der Waals surface area contributed by atoms with E-state index in [2.05, 4.69) is 131 Å². The fourth-order valence-electron chi connectivity index (χ4n) is 8.95. The van der Waals surface area contributed by atoms with E-state index in [4.69, 9.17) is 9.97 Å². The van der Waals surface area contributed by atoms with E-state index < -0.39 is 0 Å². The summed E-state index contributed by atoms with van der Waals surface area (Å²) in [5, 5.41) is 31.7. The van der Waals surface area contributed by atoms with Gasteiger partial charge in [-0.2, -0.15) is 15.8 Å². The van der Waals surface area contributed by atoms with Gasteiger partial charge in [-0.25, -0.2) is 9.97 Å². The highest BCUT2D eigenvalue weighted by Crippen LogP contribution is 2.41. The monoisotopic (exact) mass is 867 g/mol. The molecule has 0 saturated heterocycles. The number of hydrogen-bond acceptors (Lipinski definition) is 6. The molecule has 7 nitrogen and oxygen atoms in total. The molecule has 2 heterocycles. The number of para-hydroxylation sites is 1. The van der Waals surface area contributed by atoms with E-state index in [1.165, 1.54) is 0 Å². The maximum Gasteiger partial charge on any atom is 0.160 e. The molecular weight excluding hydrogens is 831 g/mol. The van der Waals surface area contributed by atoms with Crippen LogP contribution in [-0.2, 0) is 0 Å². The fourth-order valence-corrected chi connectivity index (χ4v) is 8.95. The van der Waals surface area contributed by atoms with Crippen LogP contribution in [0.15, 0.2) is 224 Å². The van der Waals surface area contributed by atoms with Crippen LogP contribution in [0.1, 0.15) is 16.7 Å². The summed E-state index contributed by atoms with van der Waals surface area (Å²) >= 11 is 0. The standard InChI is InChI=1S/C61H37N7/c62-38-41-15-27-50(28-16-41)67(51-29-17-42(39-63)18-30-51)53-32-34-60-56(36-53)55-13-7-8-14-59(55)68(60)52-31-33-54(49(35-52)40-64)45-23-19-43(20-24-45)44-21-25-47(26-22-44)58-37-57(46-9-3-1-4-10-46)65-61(66-58)48-11-5-2-6-12-48/h1-37H. The smallest absolute Gasteiger partial charge is 0.160 e. The summed E-state index contributed by atoms with van der Waals surface area (Å²) in [6.07, 6.45) is 0. The number of hydrogen-bond donors (Lipinski definition) is 0. The van der Waals surface area contributed by atoms with Crippen LogP contribution in [0.4, 0.5) is 17.1 Å². The van der Waals surface area contributed by atoms with Gasteiger partial charge in [0.05, 0.1) is 57.3 Å². The van der Waals surface area contributed by atoms with Gasteiger partial charge in [-0.05, 0) is 113 Å². The van der Waals surface area contributed by atoms with Gasteiger partial charge in [-0.15, -0.1) is 0 Å². The van der Waals surface area contributed by atoms with Gasteiger partial charge in [0.2, 0.25) is 0 Å². The van der Waals surface area contributed by atoms with E-state index in [9.17, 15) is 15.8 Å². The van der Waals surface area contributed by atoms with Crippen LogP contribution >= 0.6 is 0 Å². The van der Waals surface area contributed by atoms with Gasteiger partial charge < -0.3 is 9.47 Å². The molecule has 11 rings (SSSR count). The van der Waals surface area contributed by atoms with E-state index in [0.29, 0.717) is 22.5 Å². The van der Waals surface area contributed by atoms with Crippen LogP contribution in [0, 0.1) is 34.0 Å². The van der Waals surface area contributed by atoms with Crippen molar-refractivity contribution < 1.29 is 0 Å². The SMILES string of the molecule is N#Cc1ccc(N(c2ccc(C#N)cc2)c2ccc3c(c2)c2ccccc2n3-c2ccc(-c3ccc(-c4ccc(-c5cc(-c6ccccc6)nc(-c6ccccc6)n5)cc4)cc3)c(C#N)c2)cc1. The second-order valence-corrected chi connectivity index (χ2v) is 16.4. The molecule has 11 aromatic rings.